The molecule has 1 saturated heterocycles. The van der Waals surface area contributed by atoms with E-state index in [4.69, 9.17) is 21.1 Å². The summed E-state index contributed by atoms with van der Waals surface area (Å²) in [4.78, 5) is 25.9. The highest BCUT2D eigenvalue weighted by Gasteiger charge is 2.27. The van der Waals surface area contributed by atoms with Gasteiger partial charge in [0.1, 0.15) is 5.75 Å². The lowest BCUT2D eigenvalue weighted by Gasteiger charge is -2.31. The summed E-state index contributed by atoms with van der Waals surface area (Å²) in [6.07, 6.45) is 1.34. The first-order valence-electron chi connectivity index (χ1n) is 8.03. The number of carbonyl (C=O) groups is 2. The lowest BCUT2D eigenvalue weighted by molar-refractivity contribution is -0.137. The zero-order valence-corrected chi connectivity index (χ0v) is 14.6. The minimum Gasteiger partial charge on any atom is -0.484 e. The van der Waals surface area contributed by atoms with Crippen molar-refractivity contribution in [2.24, 2.45) is 5.92 Å². The second-order valence-electron chi connectivity index (χ2n) is 5.68. The molecule has 1 fully saturated rings. The fourth-order valence-corrected chi connectivity index (χ4v) is 2.70. The minimum atomic E-state index is -0.0665. The van der Waals surface area contributed by atoms with Crippen molar-refractivity contribution < 1.29 is 19.1 Å². The van der Waals surface area contributed by atoms with E-state index in [2.05, 4.69) is 5.32 Å². The van der Waals surface area contributed by atoms with E-state index in [1.54, 1.807) is 36.3 Å². The second-order valence-corrected chi connectivity index (χ2v) is 6.12. The maximum absolute atomic E-state index is 12.2. The van der Waals surface area contributed by atoms with Gasteiger partial charge < -0.3 is 19.7 Å². The molecular weight excluding hydrogens is 332 g/mol. The fraction of sp³-hybridized carbons (Fsp3) is 0.529. The molecule has 1 aliphatic heterocycles. The van der Waals surface area contributed by atoms with Crippen molar-refractivity contribution in [1.82, 2.24) is 10.2 Å². The molecule has 1 aliphatic rings. The molecule has 6 nitrogen and oxygen atoms in total. The number of amides is 2. The number of methoxy groups -OCH3 is 1. The first kappa shape index (κ1) is 18.5. The summed E-state index contributed by atoms with van der Waals surface area (Å²) in [6.45, 7) is 2.16. The summed E-state index contributed by atoms with van der Waals surface area (Å²) in [5.74, 6) is 0.544. The zero-order valence-electron chi connectivity index (χ0n) is 13.8. The number of hydrogen-bond donors (Lipinski definition) is 1. The first-order chi connectivity index (χ1) is 11.6. The predicted octanol–water partition coefficient (Wildman–Crippen LogP) is 1.72. The summed E-state index contributed by atoms with van der Waals surface area (Å²) in [6, 6.07) is 6.89. The van der Waals surface area contributed by atoms with Crippen molar-refractivity contribution in [1.29, 1.82) is 0 Å². The molecule has 1 aromatic rings. The number of likely N-dealkylation sites (tertiary alicyclic amines) is 1. The number of piperidine rings is 1. The van der Waals surface area contributed by atoms with Crippen molar-refractivity contribution in [3.05, 3.63) is 29.3 Å². The summed E-state index contributed by atoms with van der Waals surface area (Å²) in [5, 5.41) is 3.47. The maximum Gasteiger partial charge on any atom is 0.260 e. The van der Waals surface area contributed by atoms with Crippen LogP contribution in [-0.4, -0.2) is 56.7 Å². The summed E-state index contributed by atoms with van der Waals surface area (Å²) < 4.78 is 10.4. The second kappa shape index (κ2) is 9.49. The summed E-state index contributed by atoms with van der Waals surface area (Å²) in [7, 11) is 1.60. The molecule has 2 rings (SSSR count). The zero-order chi connectivity index (χ0) is 17.4. The average Bonchev–Trinajstić information content (AvgIpc) is 2.61. The summed E-state index contributed by atoms with van der Waals surface area (Å²) in [5.41, 5.74) is 0. The number of carbonyl (C=O) groups excluding carboxylic acids is 2. The van der Waals surface area contributed by atoms with Crippen LogP contribution in [0.4, 0.5) is 0 Å². The largest absolute Gasteiger partial charge is 0.484 e. The third-order valence-electron chi connectivity index (χ3n) is 4.00. The monoisotopic (exact) mass is 354 g/mol. The van der Waals surface area contributed by atoms with Crippen LogP contribution in [0.2, 0.25) is 5.02 Å². The third kappa shape index (κ3) is 5.69. The smallest absolute Gasteiger partial charge is 0.260 e. The van der Waals surface area contributed by atoms with Gasteiger partial charge in [-0.1, -0.05) is 11.6 Å². The van der Waals surface area contributed by atoms with Crippen molar-refractivity contribution in [3.8, 4) is 5.75 Å². The molecule has 0 radical (unpaired) electrons. The van der Waals surface area contributed by atoms with Crippen molar-refractivity contribution in [2.75, 3.05) is 40.0 Å². The highest BCUT2D eigenvalue weighted by Crippen LogP contribution is 2.18. The van der Waals surface area contributed by atoms with Gasteiger partial charge >= 0.3 is 0 Å². The number of hydrogen-bond acceptors (Lipinski definition) is 4. The Balaban J connectivity index is 1.70. The van der Waals surface area contributed by atoms with Gasteiger partial charge in [0.2, 0.25) is 5.91 Å². The highest BCUT2D eigenvalue weighted by atomic mass is 35.5. The van der Waals surface area contributed by atoms with Crippen LogP contribution in [0.25, 0.3) is 0 Å². The van der Waals surface area contributed by atoms with Gasteiger partial charge in [-0.2, -0.15) is 0 Å². The van der Waals surface area contributed by atoms with E-state index in [-0.39, 0.29) is 24.3 Å². The van der Waals surface area contributed by atoms with Crippen LogP contribution in [-0.2, 0) is 14.3 Å². The van der Waals surface area contributed by atoms with Gasteiger partial charge in [0.25, 0.3) is 5.91 Å². The van der Waals surface area contributed by atoms with Crippen LogP contribution in [0.1, 0.15) is 12.8 Å². The molecule has 0 saturated carbocycles. The molecule has 1 aromatic carbocycles. The van der Waals surface area contributed by atoms with Crippen LogP contribution in [0.5, 0.6) is 5.75 Å². The standard InChI is InChI=1S/C17H23ClN2O4/c1-23-11-8-19-17(22)13-6-9-20(10-7-13)16(21)12-24-15-4-2-14(18)3-5-15/h2-5,13H,6-12H2,1H3,(H,19,22). The Labute approximate surface area is 147 Å². The van der Waals surface area contributed by atoms with Gasteiger partial charge in [0.15, 0.2) is 6.61 Å². The maximum atomic E-state index is 12.2. The van der Waals surface area contributed by atoms with Crippen molar-refractivity contribution in [2.45, 2.75) is 12.8 Å². The van der Waals surface area contributed by atoms with Crippen LogP contribution < -0.4 is 10.1 Å². The molecule has 1 N–H and O–H groups in total. The van der Waals surface area contributed by atoms with Gasteiger partial charge in [-0.25, -0.2) is 0 Å². The lowest BCUT2D eigenvalue weighted by atomic mass is 9.96. The van der Waals surface area contributed by atoms with E-state index in [0.717, 1.165) is 0 Å². The van der Waals surface area contributed by atoms with Crippen LogP contribution in [0.3, 0.4) is 0 Å². The van der Waals surface area contributed by atoms with E-state index < -0.39 is 0 Å². The molecule has 0 aliphatic carbocycles. The number of nitrogens with zero attached hydrogens (tertiary/aromatic N) is 1. The predicted molar refractivity (Wildman–Crippen MR) is 91.1 cm³/mol. The van der Waals surface area contributed by atoms with Gasteiger partial charge in [-0.05, 0) is 37.1 Å². The number of ether oxygens (including phenoxy) is 2. The summed E-state index contributed by atoms with van der Waals surface area (Å²) >= 11 is 5.80. The van der Waals surface area contributed by atoms with E-state index in [1.165, 1.54) is 0 Å². The van der Waals surface area contributed by atoms with E-state index in [1.807, 2.05) is 0 Å². The Morgan fingerprint density at radius 1 is 1.25 bits per heavy atom. The molecule has 24 heavy (non-hydrogen) atoms. The fourth-order valence-electron chi connectivity index (χ4n) is 2.58. The molecule has 132 valence electrons. The normalized spacial score (nSPS) is 15.2. The van der Waals surface area contributed by atoms with Gasteiger partial charge in [-0.3, -0.25) is 9.59 Å². The topological polar surface area (TPSA) is 67.9 Å². The number of nitrogens with one attached hydrogen (secondary N) is 1. The lowest BCUT2D eigenvalue weighted by Crippen LogP contribution is -2.44. The quantitative estimate of drug-likeness (QED) is 0.757. The number of rotatable bonds is 7. The van der Waals surface area contributed by atoms with Crippen molar-refractivity contribution >= 4 is 23.4 Å². The highest BCUT2D eigenvalue weighted by molar-refractivity contribution is 6.30. The molecular formula is C17H23ClN2O4. The molecule has 0 unspecified atom stereocenters. The third-order valence-corrected chi connectivity index (χ3v) is 4.25. The van der Waals surface area contributed by atoms with Gasteiger partial charge in [-0.15, -0.1) is 0 Å². The van der Waals surface area contributed by atoms with Crippen LogP contribution in [0.15, 0.2) is 24.3 Å². The molecule has 0 spiro atoms. The Morgan fingerprint density at radius 3 is 2.54 bits per heavy atom. The van der Waals surface area contributed by atoms with E-state index in [9.17, 15) is 9.59 Å². The van der Waals surface area contributed by atoms with Crippen LogP contribution >= 0.6 is 11.6 Å². The molecule has 0 aromatic heterocycles. The van der Waals surface area contributed by atoms with Crippen LogP contribution in [0, 0.1) is 5.92 Å². The molecule has 1 heterocycles. The Hall–Kier alpha value is -1.79. The van der Waals surface area contributed by atoms with E-state index in [0.29, 0.717) is 49.9 Å². The molecule has 2 amide bonds. The number of benzene rings is 1. The molecule has 7 heteroatoms. The number of halogens is 1. The van der Waals surface area contributed by atoms with E-state index >= 15 is 0 Å². The Bertz CT molecular complexity index is 542. The minimum absolute atomic E-state index is 0.00760. The molecule has 0 bridgehead atoms. The van der Waals surface area contributed by atoms with Gasteiger partial charge in [0.05, 0.1) is 6.61 Å². The first-order valence-corrected chi connectivity index (χ1v) is 8.40. The van der Waals surface area contributed by atoms with Gasteiger partial charge in [0, 0.05) is 37.7 Å². The average molecular weight is 355 g/mol. The Morgan fingerprint density at radius 2 is 1.92 bits per heavy atom. The van der Waals surface area contributed by atoms with Crippen molar-refractivity contribution in [3.63, 3.8) is 0 Å². The SMILES string of the molecule is COCCNC(=O)C1CCN(C(=O)COc2ccc(Cl)cc2)CC1. The molecule has 0 atom stereocenters. The Kier molecular flexibility index (Phi) is 7.34.